The first kappa shape index (κ1) is 9.73. The Morgan fingerprint density at radius 2 is 2.13 bits per heavy atom. The molecule has 0 aliphatic carbocycles. The molecule has 4 heteroatoms. The lowest BCUT2D eigenvalue weighted by molar-refractivity contribution is 0.311. The zero-order valence-corrected chi connectivity index (χ0v) is 8.27. The molecule has 1 heterocycles. The lowest BCUT2D eigenvalue weighted by Gasteiger charge is -2.10. The normalized spacial score (nSPS) is 10.5. The molecular formula is C11H13N3O. The third-order valence-electron chi connectivity index (χ3n) is 2.22. The number of aromatic nitrogens is 1. The van der Waals surface area contributed by atoms with Gasteiger partial charge in [0.25, 0.3) is 0 Å². The summed E-state index contributed by atoms with van der Waals surface area (Å²) >= 11 is 0. The highest BCUT2D eigenvalue weighted by Gasteiger charge is 2.04. The molecule has 78 valence electrons. The lowest BCUT2D eigenvalue weighted by atomic mass is 10.1. The summed E-state index contributed by atoms with van der Waals surface area (Å²) in [5.74, 6) is 0. The number of fused-ring (bicyclic) bond motifs is 1. The van der Waals surface area contributed by atoms with Gasteiger partial charge < -0.3 is 16.2 Å². The van der Waals surface area contributed by atoms with Crippen molar-refractivity contribution in [1.29, 1.82) is 0 Å². The van der Waals surface area contributed by atoms with Gasteiger partial charge in [-0.05, 0) is 6.07 Å². The quantitative estimate of drug-likeness (QED) is 0.701. The zero-order valence-electron chi connectivity index (χ0n) is 8.27. The molecule has 4 nitrogen and oxygen atoms in total. The van der Waals surface area contributed by atoms with E-state index in [0.29, 0.717) is 12.2 Å². The Bertz CT molecular complexity index is 470. The molecular weight excluding hydrogens is 190 g/mol. The van der Waals surface area contributed by atoms with Crippen molar-refractivity contribution in [3.05, 3.63) is 30.5 Å². The number of hydrogen-bond acceptors (Lipinski definition) is 4. The standard InChI is InChI=1S/C11H13N3O/c12-9-7-14-10-4-2-1-3-8(10)11(9)13-5-6-15/h1-4,7,15H,5-6,12H2,(H,13,14). The van der Waals surface area contributed by atoms with E-state index in [-0.39, 0.29) is 6.61 Å². The minimum absolute atomic E-state index is 0.0795. The number of anilines is 2. The van der Waals surface area contributed by atoms with Crippen LogP contribution in [-0.2, 0) is 0 Å². The largest absolute Gasteiger partial charge is 0.396 e. The molecule has 0 spiro atoms. The number of benzene rings is 1. The number of hydrogen-bond donors (Lipinski definition) is 3. The fourth-order valence-corrected chi connectivity index (χ4v) is 1.53. The van der Waals surface area contributed by atoms with Gasteiger partial charge in [0.05, 0.1) is 29.7 Å². The molecule has 0 aliphatic heterocycles. The van der Waals surface area contributed by atoms with Crippen LogP contribution in [0.3, 0.4) is 0 Å². The highest BCUT2D eigenvalue weighted by Crippen LogP contribution is 2.26. The Balaban J connectivity index is 2.53. The number of pyridine rings is 1. The van der Waals surface area contributed by atoms with E-state index in [4.69, 9.17) is 10.8 Å². The second-order valence-corrected chi connectivity index (χ2v) is 3.26. The van der Waals surface area contributed by atoms with Crippen molar-refractivity contribution >= 4 is 22.3 Å². The Morgan fingerprint density at radius 3 is 2.93 bits per heavy atom. The monoisotopic (exact) mass is 203 g/mol. The molecule has 0 fully saturated rings. The second kappa shape index (κ2) is 4.14. The molecule has 0 bridgehead atoms. The van der Waals surface area contributed by atoms with Crippen LogP contribution in [0.2, 0.25) is 0 Å². The van der Waals surface area contributed by atoms with Crippen LogP contribution < -0.4 is 11.1 Å². The van der Waals surface area contributed by atoms with E-state index in [9.17, 15) is 0 Å². The molecule has 0 aliphatic rings. The summed E-state index contributed by atoms with van der Waals surface area (Å²) in [4.78, 5) is 4.22. The van der Waals surface area contributed by atoms with Crippen LogP contribution in [0, 0.1) is 0 Å². The van der Waals surface area contributed by atoms with Gasteiger partial charge in [-0.3, -0.25) is 4.98 Å². The van der Waals surface area contributed by atoms with Crippen molar-refractivity contribution in [2.75, 3.05) is 24.2 Å². The third-order valence-corrected chi connectivity index (χ3v) is 2.22. The van der Waals surface area contributed by atoms with Crippen LogP contribution in [-0.4, -0.2) is 23.2 Å². The summed E-state index contributed by atoms with van der Waals surface area (Å²) in [6.07, 6.45) is 1.63. The number of nitrogen functional groups attached to an aromatic ring is 1. The fraction of sp³-hybridized carbons (Fsp3) is 0.182. The van der Waals surface area contributed by atoms with Crippen LogP contribution in [0.1, 0.15) is 0 Å². The SMILES string of the molecule is Nc1cnc2ccccc2c1NCCO. The molecule has 0 saturated heterocycles. The van der Waals surface area contributed by atoms with Crippen molar-refractivity contribution in [1.82, 2.24) is 4.98 Å². The summed E-state index contributed by atoms with van der Waals surface area (Å²) in [5, 5.41) is 12.8. The summed E-state index contributed by atoms with van der Waals surface area (Å²) in [5.41, 5.74) is 8.16. The number of nitrogens with one attached hydrogen (secondary N) is 1. The summed E-state index contributed by atoms with van der Waals surface area (Å²) in [6.45, 7) is 0.564. The summed E-state index contributed by atoms with van der Waals surface area (Å²) in [7, 11) is 0. The number of rotatable bonds is 3. The van der Waals surface area contributed by atoms with E-state index >= 15 is 0 Å². The molecule has 0 amide bonds. The van der Waals surface area contributed by atoms with Crippen molar-refractivity contribution in [3.8, 4) is 0 Å². The molecule has 0 unspecified atom stereocenters. The Morgan fingerprint density at radius 1 is 1.33 bits per heavy atom. The van der Waals surface area contributed by atoms with E-state index < -0.39 is 0 Å². The summed E-state index contributed by atoms with van der Waals surface area (Å²) in [6, 6.07) is 7.76. The number of aliphatic hydroxyl groups excluding tert-OH is 1. The molecule has 2 rings (SSSR count). The molecule has 0 atom stereocenters. The highest BCUT2D eigenvalue weighted by atomic mass is 16.3. The van der Waals surface area contributed by atoms with Gasteiger partial charge in [-0.2, -0.15) is 0 Å². The van der Waals surface area contributed by atoms with Gasteiger partial charge in [-0.15, -0.1) is 0 Å². The average Bonchev–Trinajstić information content (AvgIpc) is 2.28. The van der Waals surface area contributed by atoms with Gasteiger partial charge in [-0.1, -0.05) is 18.2 Å². The van der Waals surface area contributed by atoms with E-state index in [1.807, 2.05) is 24.3 Å². The van der Waals surface area contributed by atoms with Crippen LogP contribution in [0.4, 0.5) is 11.4 Å². The van der Waals surface area contributed by atoms with Crippen molar-refractivity contribution < 1.29 is 5.11 Å². The molecule has 4 N–H and O–H groups in total. The van der Waals surface area contributed by atoms with Crippen LogP contribution in [0.5, 0.6) is 0 Å². The maximum atomic E-state index is 8.77. The van der Waals surface area contributed by atoms with Crippen molar-refractivity contribution in [2.45, 2.75) is 0 Å². The van der Waals surface area contributed by atoms with Gasteiger partial charge in [0, 0.05) is 11.9 Å². The minimum Gasteiger partial charge on any atom is -0.396 e. The Labute approximate surface area is 87.7 Å². The first-order valence-corrected chi connectivity index (χ1v) is 4.81. The predicted octanol–water partition coefficient (Wildman–Crippen LogP) is 1.22. The van der Waals surface area contributed by atoms with E-state index in [1.165, 1.54) is 0 Å². The highest BCUT2D eigenvalue weighted by molar-refractivity contribution is 5.96. The van der Waals surface area contributed by atoms with Gasteiger partial charge in [0.2, 0.25) is 0 Å². The average molecular weight is 203 g/mol. The third kappa shape index (κ3) is 1.85. The van der Waals surface area contributed by atoms with Gasteiger partial charge in [0.1, 0.15) is 0 Å². The number of nitrogens with zero attached hydrogens (tertiary/aromatic N) is 1. The maximum absolute atomic E-state index is 8.77. The Kier molecular flexibility index (Phi) is 2.69. The molecule has 1 aromatic heterocycles. The number of para-hydroxylation sites is 1. The first-order chi connectivity index (χ1) is 7.33. The van der Waals surface area contributed by atoms with Crippen molar-refractivity contribution in [2.24, 2.45) is 0 Å². The van der Waals surface area contributed by atoms with Gasteiger partial charge in [-0.25, -0.2) is 0 Å². The topological polar surface area (TPSA) is 71.2 Å². The van der Waals surface area contributed by atoms with Crippen LogP contribution >= 0.6 is 0 Å². The molecule has 1 aromatic carbocycles. The molecule has 0 saturated carbocycles. The van der Waals surface area contributed by atoms with Gasteiger partial charge in [0.15, 0.2) is 0 Å². The van der Waals surface area contributed by atoms with Crippen LogP contribution in [0.15, 0.2) is 30.5 Å². The first-order valence-electron chi connectivity index (χ1n) is 4.81. The minimum atomic E-state index is 0.0795. The number of nitrogens with two attached hydrogens (primary N) is 1. The van der Waals surface area contributed by atoms with E-state index in [0.717, 1.165) is 16.6 Å². The van der Waals surface area contributed by atoms with Gasteiger partial charge >= 0.3 is 0 Å². The molecule has 15 heavy (non-hydrogen) atoms. The molecule has 2 aromatic rings. The number of aliphatic hydroxyl groups is 1. The van der Waals surface area contributed by atoms with E-state index in [2.05, 4.69) is 10.3 Å². The smallest absolute Gasteiger partial charge is 0.0743 e. The van der Waals surface area contributed by atoms with Crippen molar-refractivity contribution in [3.63, 3.8) is 0 Å². The van der Waals surface area contributed by atoms with Crippen LogP contribution in [0.25, 0.3) is 10.9 Å². The Hall–Kier alpha value is -1.81. The van der Waals surface area contributed by atoms with E-state index in [1.54, 1.807) is 6.20 Å². The summed E-state index contributed by atoms with van der Waals surface area (Å²) < 4.78 is 0. The maximum Gasteiger partial charge on any atom is 0.0743 e. The lowest BCUT2D eigenvalue weighted by Crippen LogP contribution is -2.08. The fourth-order valence-electron chi connectivity index (χ4n) is 1.53. The zero-order chi connectivity index (χ0) is 10.7. The molecule has 0 radical (unpaired) electrons. The second-order valence-electron chi connectivity index (χ2n) is 3.26. The predicted molar refractivity (Wildman–Crippen MR) is 61.7 cm³/mol.